The molecule has 3 N–H and O–H groups in total. The molecule has 0 saturated carbocycles. The van der Waals surface area contributed by atoms with E-state index in [9.17, 15) is 92.3 Å². The molecule has 3 aliphatic rings. The zero-order chi connectivity index (χ0) is 70.5. The summed E-state index contributed by atoms with van der Waals surface area (Å²) in [6.45, 7) is 5.87. The molecule has 0 radical (unpaired) electrons. The SMILES string of the molecule is CCOC(=O)Cn1ncc2c1CCC[C@H]2N.CCOC(=O)Cn1ncc2c1CCC[C@H]2N(C)S(=O)(=O)c1cc(F)cc(C(F)(F)F)c1.CCOC(=O)Cn1ncc2c1CCC[C@H]2NS(=O)(=O)c1cc(F)cc(C(F)(F)F)c1.CS.O=S(=O)(Cl)c1cc(F)cc(C(F)(F)F)c1. The number of rotatable bonds is 16. The summed E-state index contributed by atoms with van der Waals surface area (Å²) in [5, 5.41) is 12.5. The molecular weight excluding hydrogens is 1380 g/mol. The van der Waals surface area contributed by atoms with Gasteiger partial charge in [-0.25, -0.2) is 43.1 Å². The van der Waals surface area contributed by atoms with Crippen molar-refractivity contribution in [3.8, 4) is 0 Å². The van der Waals surface area contributed by atoms with Gasteiger partial charge in [-0.15, -0.1) is 0 Å². The molecule has 0 unspecified atom stereocenters. The predicted molar refractivity (Wildman–Crippen MR) is 315 cm³/mol. The summed E-state index contributed by atoms with van der Waals surface area (Å²) in [7, 11) is -7.25. The first-order valence-corrected chi connectivity index (χ1v) is 34.3. The number of hydrogen-bond donors (Lipinski definition) is 3. The summed E-state index contributed by atoms with van der Waals surface area (Å²) in [4.78, 5) is 32.3. The van der Waals surface area contributed by atoms with Crippen molar-refractivity contribution in [1.29, 1.82) is 0 Å². The van der Waals surface area contributed by atoms with Gasteiger partial charge in [0.2, 0.25) is 20.0 Å². The topological polar surface area (TPSA) is 276 Å². The van der Waals surface area contributed by atoms with Crippen LogP contribution in [0.5, 0.6) is 0 Å². The molecule has 0 aliphatic heterocycles. The largest absolute Gasteiger partial charge is 0.465 e. The molecule has 0 fully saturated rings. The van der Waals surface area contributed by atoms with E-state index in [1.54, 1.807) is 37.9 Å². The van der Waals surface area contributed by atoms with Crippen LogP contribution >= 0.6 is 23.3 Å². The third-order valence-electron chi connectivity index (χ3n) is 14.2. The number of esters is 3. The summed E-state index contributed by atoms with van der Waals surface area (Å²) in [5.74, 6) is -5.15. The molecule has 9 rings (SSSR count). The number of ether oxygens (including phenoxy) is 3. The third kappa shape index (κ3) is 20.9. The van der Waals surface area contributed by atoms with Crippen LogP contribution in [0.3, 0.4) is 0 Å². The van der Waals surface area contributed by atoms with Crippen molar-refractivity contribution in [3.05, 3.63) is 141 Å². The Labute approximate surface area is 542 Å². The van der Waals surface area contributed by atoms with Crippen LogP contribution in [-0.2, 0) is 115 Å². The number of alkyl halides is 9. The Bertz CT molecular complexity index is 3980. The average Bonchev–Trinajstić information content (AvgIpc) is 1.24. The number of nitrogens with one attached hydrogen (secondary N) is 1. The van der Waals surface area contributed by atoms with E-state index in [-0.39, 0.29) is 69.1 Å². The minimum absolute atomic E-state index is 0.0692. The van der Waals surface area contributed by atoms with Gasteiger partial charge in [-0.1, -0.05) is 0 Å². The van der Waals surface area contributed by atoms with Crippen molar-refractivity contribution in [2.75, 3.05) is 33.1 Å². The molecule has 0 spiro atoms. The van der Waals surface area contributed by atoms with Gasteiger partial charge >= 0.3 is 36.4 Å². The van der Waals surface area contributed by atoms with Gasteiger partial charge in [-0.3, -0.25) is 28.4 Å². The number of carbonyl (C=O) groups is 3. The number of fused-ring (bicyclic) bond motifs is 3. The van der Waals surface area contributed by atoms with Crippen molar-refractivity contribution in [3.63, 3.8) is 0 Å². The Morgan fingerprint density at radius 1 is 0.564 bits per heavy atom. The molecule has 3 atom stereocenters. The van der Waals surface area contributed by atoms with E-state index in [0.29, 0.717) is 98.0 Å². The zero-order valence-electron chi connectivity index (χ0n) is 50.5. The van der Waals surface area contributed by atoms with E-state index in [2.05, 4.69) is 32.6 Å². The lowest BCUT2D eigenvalue weighted by Crippen LogP contribution is -2.33. The van der Waals surface area contributed by atoms with E-state index in [1.165, 1.54) is 28.8 Å². The number of carbonyl (C=O) groups excluding carboxylic acids is 3. The second-order valence-corrected chi connectivity index (χ2v) is 26.8. The number of hydrogen-bond acceptors (Lipinski definition) is 17. The molecule has 6 aromatic rings. The normalized spacial score (nSPS) is 16.4. The first kappa shape index (κ1) is 77.9. The number of nitrogens with two attached hydrogens (primary N) is 1. The first-order chi connectivity index (χ1) is 43.8. The highest BCUT2D eigenvalue weighted by Gasteiger charge is 2.39. The predicted octanol–water partition coefficient (Wildman–Crippen LogP) is 10.4. The van der Waals surface area contributed by atoms with Gasteiger partial charge in [0.25, 0.3) is 9.05 Å². The summed E-state index contributed by atoms with van der Waals surface area (Å²) >= 11 is 3.53. The molecule has 21 nitrogen and oxygen atoms in total. The van der Waals surface area contributed by atoms with Crippen molar-refractivity contribution in [2.45, 2.75) is 150 Å². The Morgan fingerprint density at radius 3 is 1.34 bits per heavy atom. The highest BCUT2D eigenvalue weighted by atomic mass is 35.7. The molecule has 0 saturated heterocycles. The lowest BCUT2D eigenvalue weighted by Gasteiger charge is -2.31. The molecule has 3 aromatic carbocycles. The van der Waals surface area contributed by atoms with Crippen LogP contribution in [0.25, 0.3) is 0 Å². The Morgan fingerprint density at radius 2 is 0.915 bits per heavy atom. The molecule has 0 amide bonds. The number of sulfonamides is 2. The average molecular weight is 1450 g/mol. The summed E-state index contributed by atoms with van der Waals surface area (Å²) in [6, 6.07) is 1.83. The maximum Gasteiger partial charge on any atom is 0.416 e. The highest BCUT2D eigenvalue weighted by molar-refractivity contribution is 8.13. The number of aromatic nitrogens is 6. The minimum Gasteiger partial charge on any atom is -0.465 e. The molecule has 520 valence electrons. The molecule has 3 aromatic heterocycles. The van der Waals surface area contributed by atoms with E-state index < -0.39 is 120 Å². The van der Waals surface area contributed by atoms with Crippen molar-refractivity contribution >= 4 is 70.3 Å². The quantitative estimate of drug-likeness (QED) is 0.0267. The minimum atomic E-state index is -4.89. The maximum atomic E-state index is 13.8. The smallest absolute Gasteiger partial charge is 0.416 e. The fraction of sp³-hybridized carbons (Fsp3) is 0.464. The van der Waals surface area contributed by atoms with E-state index in [1.807, 2.05) is 0 Å². The van der Waals surface area contributed by atoms with Crippen molar-refractivity contribution in [2.24, 2.45) is 5.73 Å². The highest BCUT2D eigenvalue weighted by Crippen LogP contribution is 2.40. The molecule has 0 bridgehead atoms. The Balaban J connectivity index is 0.000000236. The van der Waals surface area contributed by atoms with Crippen molar-refractivity contribution < 1.29 is 107 Å². The molecule has 38 heteroatoms. The van der Waals surface area contributed by atoms with Gasteiger partial charge in [-0.05, 0) is 139 Å². The summed E-state index contributed by atoms with van der Waals surface area (Å²) < 4.78 is 250. The van der Waals surface area contributed by atoms with Crippen molar-refractivity contribution in [1.82, 2.24) is 38.4 Å². The van der Waals surface area contributed by atoms with Gasteiger partial charge in [0, 0.05) is 57.5 Å². The number of halogens is 13. The summed E-state index contributed by atoms with van der Waals surface area (Å²) in [6.07, 6.45) is -2.27. The van der Waals surface area contributed by atoms with Gasteiger partial charge in [0.15, 0.2) is 0 Å². The fourth-order valence-electron chi connectivity index (χ4n) is 9.98. The van der Waals surface area contributed by atoms with Crippen LogP contribution in [0, 0.1) is 17.5 Å². The first-order valence-electron chi connectivity index (χ1n) is 28.2. The van der Waals surface area contributed by atoms with Crippen LogP contribution in [0.4, 0.5) is 52.7 Å². The maximum absolute atomic E-state index is 13.8. The van der Waals surface area contributed by atoms with Crippen LogP contribution in [0.2, 0.25) is 0 Å². The van der Waals surface area contributed by atoms with E-state index in [0.717, 1.165) is 34.8 Å². The summed E-state index contributed by atoms with van der Waals surface area (Å²) in [5.41, 5.74) is 6.33. The van der Waals surface area contributed by atoms with Crippen LogP contribution < -0.4 is 10.5 Å². The van der Waals surface area contributed by atoms with Crippen LogP contribution in [-0.4, -0.2) is 110 Å². The zero-order valence-corrected chi connectivity index (χ0v) is 54.6. The van der Waals surface area contributed by atoms with Crippen LogP contribution in [0.15, 0.2) is 87.9 Å². The fourth-order valence-corrected chi connectivity index (χ4v) is 13.5. The van der Waals surface area contributed by atoms with Crippen LogP contribution in [0.1, 0.15) is 128 Å². The van der Waals surface area contributed by atoms with Gasteiger partial charge in [-0.2, -0.15) is 71.7 Å². The lowest BCUT2D eigenvalue weighted by atomic mass is 9.93. The third-order valence-corrected chi connectivity index (χ3v) is 18.8. The Hall–Kier alpha value is -6.77. The molecule has 3 heterocycles. The van der Waals surface area contributed by atoms with E-state index in [4.69, 9.17) is 30.6 Å². The second kappa shape index (κ2) is 32.8. The second-order valence-electron chi connectivity index (χ2n) is 20.5. The number of benzene rings is 3. The van der Waals surface area contributed by atoms with Gasteiger partial charge < -0.3 is 19.9 Å². The lowest BCUT2D eigenvalue weighted by molar-refractivity contribution is -0.145. The van der Waals surface area contributed by atoms with E-state index >= 15 is 0 Å². The number of thiol groups is 1. The van der Waals surface area contributed by atoms with Gasteiger partial charge in [0.05, 0.1) is 81.9 Å². The standard InChI is InChI=1S/C19H21F4N3O4S.C18H19F4N3O4S.C11H17N3O2.C7H3ClF4O2S.CH4S/c1-3-30-18(27)11-26-17-6-4-5-16(15(17)10-24-26)25(2)31(28,29)14-8-12(19(21,22)23)7-13(20)9-14;1-2-29-17(26)10-25-16-5-3-4-15(14(16)9-23-25)24-30(27,28)13-7-11(18(20,21)22)6-12(19)8-13;1-2-16-11(15)7-14-10-5-3-4-9(12)8(10)6-13-14;8-15(13,14)6-2-4(7(10,11)12)1-5(9)3-6;1-2/h7-10,16H,3-6,11H2,1-2H3;6-9,15,24H,2-5,10H2,1H3;6,9H,2-5,7,12H2,1H3;1-3H;2H,1H3/t16-;15-;9-;;/m111../s1. The molecule has 3 aliphatic carbocycles. The molecule has 94 heavy (non-hydrogen) atoms. The molecular formula is C56H64ClF12N9O12S4. The van der Waals surface area contributed by atoms with Gasteiger partial charge in [0.1, 0.15) is 37.1 Å². The monoisotopic (exact) mass is 1450 g/mol. The Kier molecular flexibility index (Phi) is 27.2. The number of nitrogens with zero attached hydrogens (tertiary/aromatic N) is 7.